The van der Waals surface area contributed by atoms with E-state index in [1.165, 1.54) is 0 Å². The summed E-state index contributed by atoms with van der Waals surface area (Å²) >= 11 is 0. The van der Waals surface area contributed by atoms with E-state index in [0.717, 1.165) is 18.8 Å². The second-order valence-corrected chi connectivity index (χ2v) is 4.55. The van der Waals surface area contributed by atoms with Gasteiger partial charge in [-0.15, -0.1) is 12.4 Å². The maximum absolute atomic E-state index is 11.7. The number of aryl methyl sites for hydroxylation is 1. The van der Waals surface area contributed by atoms with Crippen molar-refractivity contribution in [3.05, 3.63) is 11.8 Å². The van der Waals surface area contributed by atoms with Gasteiger partial charge in [0.1, 0.15) is 0 Å². The van der Waals surface area contributed by atoms with Gasteiger partial charge in [-0.1, -0.05) is 0 Å². The Kier molecular flexibility index (Phi) is 4.54. The molecule has 1 fully saturated rings. The van der Waals surface area contributed by atoms with E-state index in [4.69, 9.17) is 0 Å². The summed E-state index contributed by atoms with van der Waals surface area (Å²) in [7, 11) is 0. The van der Waals surface area contributed by atoms with Crippen LogP contribution in [0.5, 0.6) is 0 Å². The lowest BCUT2D eigenvalue weighted by atomic mass is 10.0. The highest BCUT2D eigenvalue weighted by atomic mass is 35.5. The number of aromatic nitrogens is 2. The summed E-state index contributed by atoms with van der Waals surface area (Å²) in [5.41, 5.74) is 1.07. The number of anilines is 1. The number of carbonyl (C=O) groups excluding carboxylic acids is 1. The minimum atomic E-state index is 0. The van der Waals surface area contributed by atoms with E-state index >= 15 is 0 Å². The highest BCUT2D eigenvalue weighted by Crippen LogP contribution is 2.15. The minimum absolute atomic E-state index is 0. The fourth-order valence-electron chi connectivity index (χ4n) is 1.77. The quantitative estimate of drug-likeness (QED) is 0.861. The first-order valence-corrected chi connectivity index (χ1v) is 5.65. The number of hydrogen-bond donors (Lipinski definition) is 2. The Morgan fingerprint density at radius 1 is 1.59 bits per heavy atom. The molecule has 0 aromatic carbocycles. The van der Waals surface area contributed by atoms with Crippen molar-refractivity contribution in [1.29, 1.82) is 0 Å². The second-order valence-electron chi connectivity index (χ2n) is 4.55. The second kappa shape index (κ2) is 5.51. The van der Waals surface area contributed by atoms with Crippen LogP contribution >= 0.6 is 12.4 Å². The standard InChI is InChI=1S/C11H18N4O.ClH/c1-7(2)15-8(3)4-10(14-15)13-11(16)9-5-12-6-9;/h4,7,9,12H,5-6H2,1-3H3,(H,13,14,16);1H. The van der Waals surface area contributed by atoms with Crippen LogP contribution in [0.1, 0.15) is 25.6 Å². The van der Waals surface area contributed by atoms with Gasteiger partial charge in [0, 0.05) is 30.9 Å². The van der Waals surface area contributed by atoms with Crippen LogP contribution in [0.4, 0.5) is 5.82 Å². The van der Waals surface area contributed by atoms with E-state index in [1.54, 1.807) is 0 Å². The molecule has 0 atom stereocenters. The predicted molar refractivity (Wildman–Crippen MR) is 69.6 cm³/mol. The lowest BCUT2D eigenvalue weighted by Crippen LogP contribution is -2.48. The smallest absolute Gasteiger partial charge is 0.231 e. The number of amides is 1. The Morgan fingerprint density at radius 2 is 2.24 bits per heavy atom. The van der Waals surface area contributed by atoms with Crippen molar-refractivity contribution in [1.82, 2.24) is 15.1 Å². The van der Waals surface area contributed by atoms with Gasteiger partial charge in [0.05, 0.1) is 5.92 Å². The zero-order chi connectivity index (χ0) is 11.7. The maximum Gasteiger partial charge on any atom is 0.231 e. The van der Waals surface area contributed by atoms with Crippen molar-refractivity contribution in [2.45, 2.75) is 26.8 Å². The Bertz CT molecular complexity index is 398. The predicted octanol–water partition coefficient (Wildman–Crippen LogP) is 1.35. The van der Waals surface area contributed by atoms with Crippen molar-refractivity contribution in [3.63, 3.8) is 0 Å². The molecule has 0 spiro atoms. The van der Waals surface area contributed by atoms with Crippen molar-refractivity contribution in [2.75, 3.05) is 18.4 Å². The Labute approximate surface area is 107 Å². The molecule has 0 bridgehead atoms. The molecule has 6 heteroatoms. The lowest BCUT2D eigenvalue weighted by molar-refractivity contribution is -0.121. The molecule has 0 unspecified atom stereocenters. The summed E-state index contributed by atoms with van der Waals surface area (Å²) in [6, 6.07) is 2.22. The third-order valence-corrected chi connectivity index (χ3v) is 2.82. The molecule has 1 aromatic rings. The maximum atomic E-state index is 11.7. The third-order valence-electron chi connectivity index (χ3n) is 2.82. The molecule has 1 aliphatic rings. The Morgan fingerprint density at radius 3 is 2.65 bits per heavy atom. The summed E-state index contributed by atoms with van der Waals surface area (Å²) < 4.78 is 1.91. The first-order valence-electron chi connectivity index (χ1n) is 5.65. The van der Waals surface area contributed by atoms with Gasteiger partial charge in [0.15, 0.2) is 5.82 Å². The number of rotatable bonds is 3. The van der Waals surface area contributed by atoms with Crippen molar-refractivity contribution < 1.29 is 4.79 Å². The van der Waals surface area contributed by atoms with Crippen LogP contribution in [0.3, 0.4) is 0 Å². The van der Waals surface area contributed by atoms with E-state index in [2.05, 4.69) is 29.6 Å². The van der Waals surface area contributed by atoms with Gasteiger partial charge in [-0.25, -0.2) is 0 Å². The molecule has 2 heterocycles. The van der Waals surface area contributed by atoms with Crippen molar-refractivity contribution in [2.24, 2.45) is 5.92 Å². The monoisotopic (exact) mass is 258 g/mol. The average molecular weight is 259 g/mol. The molecule has 1 aliphatic heterocycles. The normalized spacial score (nSPS) is 15.3. The number of carbonyl (C=O) groups is 1. The number of nitrogens with zero attached hydrogens (tertiary/aromatic N) is 2. The molecular weight excluding hydrogens is 240 g/mol. The van der Waals surface area contributed by atoms with Gasteiger partial charge in [0.25, 0.3) is 0 Å². The van der Waals surface area contributed by atoms with Gasteiger partial charge < -0.3 is 10.6 Å². The number of nitrogens with one attached hydrogen (secondary N) is 2. The molecule has 0 aliphatic carbocycles. The zero-order valence-electron chi connectivity index (χ0n) is 10.4. The van der Waals surface area contributed by atoms with Gasteiger partial charge >= 0.3 is 0 Å². The molecule has 1 amide bonds. The van der Waals surface area contributed by atoms with E-state index in [9.17, 15) is 4.79 Å². The van der Waals surface area contributed by atoms with Crippen LogP contribution in [-0.2, 0) is 4.79 Å². The molecular formula is C11H19ClN4O. The van der Waals surface area contributed by atoms with Crippen LogP contribution < -0.4 is 10.6 Å². The van der Waals surface area contributed by atoms with Crippen LogP contribution in [0.25, 0.3) is 0 Å². The molecule has 5 nitrogen and oxygen atoms in total. The summed E-state index contributed by atoms with van der Waals surface area (Å²) in [4.78, 5) is 11.7. The zero-order valence-corrected chi connectivity index (χ0v) is 11.2. The van der Waals surface area contributed by atoms with E-state index in [0.29, 0.717) is 11.9 Å². The van der Waals surface area contributed by atoms with Crippen LogP contribution in [0.2, 0.25) is 0 Å². The topological polar surface area (TPSA) is 59.0 Å². The Balaban J connectivity index is 0.00000144. The summed E-state index contributed by atoms with van der Waals surface area (Å²) in [5, 5.41) is 10.3. The summed E-state index contributed by atoms with van der Waals surface area (Å²) in [5.74, 6) is 0.819. The summed E-state index contributed by atoms with van der Waals surface area (Å²) in [6.45, 7) is 7.68. The van der Waals surface area contributed by atoms with Gasteiger partial charge in [-0.05, 0) is 20.8 Å². The summed E-state index contributed by atoms with van der Waals surface area (Å²) in [6.07, 6.45) is 0. The molecule has 1 saturated heterocycles. The fraction of sp³-hybridized carbons (Fsp3) is 0.636. The average Bonchev–Trinajstić information content (AvgIpc) is 2.43. The highest BCUT2D eigenvalue weighted by molar-refractivity contribution is 5.92. The van der Waals surface area contributed by atoms with Crippen molar-refractivity contribution in [3.8, 4) is 0 Å². The largest absolute Gasteiger partial charge is 0.315 e. The molecule has 0 saturated carbocycles. The number of halogens is 1. The van der Waals surface area contributed by atoms with E-state index < -0.39 is 0 Å². The first kappa shape index (κ1) is 14.0. The molecule has 2 N–H and O–H groups in total. The molecule has 96 valence electrons. The first-order chi connectivity index (χ1) is 7.58. The van der Waals surface area contributed by atoms with Crippen LogP contribution in [0.15, 0.2) is 6.07 Å². The molecule has 0 radical (unpaired) electrons. The van der Waals surface area contributed by atoms with Gasteiger partial charge in [-0.3, -0.25) is 9.48 Å². The minimum Gasteiger partial charge on any atom is -0.315 e. The van der Waals surface area contributed by atoms with Gasteiger partial charge in [-0.2, -0.15) is 5.10 Å². The lowest BCUT2D eigenvalue weighted by Gasteiger charge is -2.25. The Hall–Kier alpha value is -1.07. The fourth-order valence-corrected chi connectivity index (χ4v) is 1.77. The van der Waals surface area contributed by atoms with E-state index in [-0.39, 0.29) is 24.2 Å². The van der Waals surface area contributed by atoms with E-state index in [1.807, 2.05) is 17.7 Å². The SMILES string of the molecule is Cc1cc(NC(=O)C2CNC2)nn1C(C)C.Cl. The van der Waals surface area contributed by atoms with Crippen LogP contribution in [-0.4, -0.2) is 28.8 Å². The van der Waals surface area contributed by atoms with Crippen LogP contribution in [0, 0.1) is 12.8 Å². The van der Waals surface area contributed by atoms with Gasteiger partial charge in [0.2, 0.25) is 5.91 Å². The van der Waals surface area contributed by atoms with Crippen molar-refractivity contribution >= 4 is 24.1 Å². The third kappa shape index (κ3) is 2.98. The molecule has 1 aromatic heterocycles. The number of hydrogen-bond acceptors (Lipinski definition) is 3. The highest BCUT2D eigenvalue weighted by Gasteiger charge is 2.25. The molecule has 2 rings (SSSR count). The molecule has 17 heavy (non-hydrogen) atoms.